The number of rotatable bonds is 5. The van der Waals surface area contributed by atoms with Crippen LogP contribution >= 0.6 is 0 Å². The minimum absolute atomic E-state index is 0.275. The van der Waals surface area contributed by atoms with Crippen molar-refractivity contribution in [2.45, 2.75) is 6.92 Å². The molecule has 1 amide bonds. The van der Waals surface area contributed by atoms with Crippen molar-refractivity contribution in [3.05, 3.63) is 72.0 Å². The molecule has 0 aliphatic heterocycles. The summed E-state index contributed by atoms with van der Waals surface area (Å²) in [7, 11) is 1.50. The van der Waals surface area contributed by atoms with Crippen molar-refractivity contribution in [2.24, 2.45) is 0 Å². The van der Waals surface area contributed by atoms with E-state index in [0.717, 1.165) is 22.0 Å². The summed E-state index contributed by atoms with van der Waals surface area (Å²) in [5.41, 5.74) is 10.3. The van der Waals surface area contributed by atoms with Gasteiger partial charge in [0.05, 0.1) is 18.3 Å². The third-order valence-electron chi connectivity index (χ3n) is 5.33. The Morgan fingerprint density at radius 1 is 1.09 bits per heavy atom. The lowest BCUT2D eigenvalue weighted by atomic mass is 10.1. The predicted octanol–water partition coefficient (Wildman–Crippen LogP) is 4.43. The van der Waals surface area contributed by atoms with Gasteiger partial charge in [-0.3, -0.25) is 9.89 Å². The molecule has 0 spiro atoms. The number of aromatic nitrogens is 4. The van der Waals surface area contributed by atoms with Crippen LogP contribution in [0.1, 0.15) is 16.1 Å². The first-order valence-corrected chi connectivity index (χ1v) is 10.2. The van der Waals surface area contributed by atoms with E-state index in [1.54, 1.807) is 19.1 Å². The van der Waals surface area contributed by atoms with Gasteiger partial charge in [-0.15, -0.1) is 0 Å². The summed E-state index contributed by atoms with van der Waals surface area (Å²) in [5.74, 6) is 0.742. The molecule has 3 aromatic heterocycles. The number of hydrogen-bond donors (Lipinski definition) is 3. The van der Waals surface area contributed by atoms with Gasteiger partial charge >= 0.3 is 0 Å². The van der Waals surface area contributed by atoms with Gasteiger partial charge < -0.3 is 20.3 Å². The van der Waals surface area contributed by atoms with Crippen LogP contribution < -0.4 is 15.8 Å². The molecule has 0 atom stereocenters. The second-order valence-electron chi connectivity index (χ2n) is 7.41. The lowest BCUT2D eigenvalue weighted by Crippen LogP contribution is -2.14. The van der Waals surface area contributed by atoms with Crippen LogP contribution in [0.5, 0.6) is 5.88 Å². The summed E-state index contributed by atoms with van der Waals surface area (Å²) in [6.45, 7) is 1.70. The van der Waals surface area contributed by atoms with Crippen molar-refractivity contribution in [2.75, 3.05) is 18.2 Å². The molecule has 0 bridgehead atoms. The van der Waals surface area contributed by atoms with Gasteiger partial charge in [-0.05, 0) is 31.2 Å². The number of anilines is 2. The lowest BCUT2D eigenvalue weighted by molar-refractivity contribution is 0.102. The number of carbonyl (C=O) groups is 1. The number of pyridine rings is 1. The second-order valence-corrected chi connectivity index (χ2v) is 7.41. The quantitative estimate of drug-likeness (QED) is 0.368. The lowest BCUT2D eigenvalue weighted by Gasteiger charge is -2.11. The first-order valence-electron chi connectivity index (χ1n) is 10.2. The normalized spacial score (nSPS) is 11.0. The van der Waals surface area contributed by atoms with Gasteiger partial charge in [0, 0.05) is 16.5 Å². The van der Waals surface area contributed by atoms with Crippen molar-refractivity contribution in [3.8, 4) is 28.4 Å². The number of benzene rings is 2. The maximum atomic E-state index is 13.1. The van der Waals surface area contributed by atoms with Crippen LogP contribution in [0.4, 0.5) is 11.5 Å². The van der Waals surface area contributed by atoms with Gasteiger partial charge in [-0.2, -0.15) is 5.10 Å². The summed E-state index contributed by atoms with van der Waals surface area (Å²) in [6.07, 6.45) is 0. The number of ether oxygens (including phenoxy) is 1. The summed E-state index contributed by atoms with van der Waals surface area (Å²) in [4.78, 5) is 17.7. The van der Waals surface area contributed by atoms with E-state index in [-0.39, 0.29) is 11.8 Å². The zero-order valence-corrected chi connectivity index (χ0v) is 17.9. The van der Waals surface area contributed by atoms with Crippen LogP contribution in [0.25, 0.3) is 33.4 Å². The van der Waals surface area contributed by atoms with E-state index in [9.17, 15) is 4.79 Å². The fourth-order valence-electron chi connectivity index (χ4n) is 3.66. The molecule has 5 rings (SSSR count). The number of nitrogen functional groups attached to an aromatic ring is 1. The van der Waals surface area contributed by atoms with Crippen LogP contribution in [0.15, 0.2) is 65.2 Å². The third kappa shape index (κ3) is 3.65. The van der Waals surface area contributed by atoms with E-state index < -0.39 is 0 Å². The maximum absolute atomic E-state index is 13.1. The van der Waals surface area contributed by atoms with E-state index in [2.05, 4.69) is 25.7 Å². The maximum Gasteiger partial charge on any atom is 0.261 e. The van der Waals surface area contributed by atoms with E-state index in [0.29, 0.717) is 34.2 Å². The molecule has 9 heteroatoms. The van der Waals surface area contributed by atoms with Crippen molar-refractivity contribution in [3.63, 3.8) is 0 Å². The van der Waals surface area contributed by atoms with Crippen molar-refractivity contribution >= 4 is 28.3 Å². The monoisotopic (exact) mass is 440 g/mol. The number of nitrogens with one attached hydrogen (secondary N) is 2. The number of methoxy groups -OCH3 is 1. The number of aryl methyl sites for hydroxylation is 1. The molecule has 0 fully saturated rings. The molecule has 33 heavy (non-hydrogen) atoms. The number of fused-ring (bicyclic) bond motifs is 1. The molecule has 5 aromatic rings. The molecule has 2 aromatic carbocycles. The topological polar surface area (TPSA) is 132 Å². The number of H-pyrrole nitrogens is 1. The summed E-state index contributed by atoms with van der Waals surface area (Å²) < 4.78 is 10.8. The van der Waals surface area contributed by atoms with E-state index in [1.165, 1.54) is 7.11 Å². The Hall–Kier alpha value is -4.66. The van der Waals surface area contributed by atoms with Crippen LogP contribution in [0.2, 0.25) is 0 Å². The first kappa shape index (κ1) is 20.3. The van der Waals surface area contributed by atoms with E-state index >= 15 is 0 Å². The average Bonchev–Trinajstić information content (AvgIpc) is 3.42. The van der Waals surface area contributed by atoms with Gasteiger partial charge in [-0.25, -0.2) is 4.98 Å². The molecule has 0 radical (unpaired) electrons. The Morgan fingerprint density at radius 2 is 1.91 bits per heavy atom. The zero-order valence-electron chi connectivity index (χ0n) is 17.9. The van der Waals surface area contributed by atoms with Gasteiger partial charge in [0.15, 0.2) is 5.82 Å². The van der Waals surface area contributed by atoms with Gasteiger partial charge in [0.2, 0.25) is 5.88 Å². The molecule has 0 saturated heterocycles. The highest BCUT2D eigenvalue weighted by molar-refractivity contribution is 6.09. The average molecular weight is 440 g/mol. The largest absolute Gasteiger partial charge is 0.479 e. The number of carbonyl (C=O) groups excluding carboxylic acids is 1. The number of nitrogens with two attached hydrogens (primary N) is 1. The van der Waals surface area contributed by atoms with E-state index in [4.69, 9.17) is 15.0 Å². The van der Waals surface area contributed by atoms with Crippen LogP contribution in [-0.4, -0.2) is 33.4 Å². The minimum atomic E-state index is -0.368. The molecule has 0 aliphatic carbocycles. The number of aromatic amines is 1. The molecule has 0 unspecified atom stereocenters. The third-order valence-corrected chi connectivity index (χ3v) is 5.33. The molecule has 0 saturated carbocycles. The predicted molar refractivity (Wildman–Crippen MR) is 125 cm³/mol. The molecular formula is C24H20N6O3. The van der Waals surface area contributed by atoms with Gasteiger partial charge in [-0.1, -0.05) is 41.6 Å². The fraction of sp³-hybridized carbons (Fsp3) is 0.0833. The standard InChI is InChI=1S/C24H20N6O3/c1-13-20(21(30-33-13)14-6-4-3-5-7-14)23(31)26-19-11-10-17(27-24(19)32-2)15-8-9-18-16(12-15)22(25)29-28-18/h3-12H,1-2H3,(H,26,31)(H3,25,28,29). The Bertz CT molecular complexity index is 1470. The number of amides is 1. The number of nitrogens with zero attached hydrogens (tertiary/aromatic N) is 3. The second kappa shape index (κ2) is 8.12. The molecule has 9 nitrogen and oxygen atoms in total. The van der Waals surface area contributed by atoms with E-state index in [1.807, 2.05) is 48.5 Å². The highest BCUT2D eigenvalue weighted by Gasteiger charge is 2.23. The Kier molecular flexibility index (Phi) is 4.98. The van der Waals surface area contributed by atoms with Crippen molar-refractivity contribution in [1.82, 2.24) is 20.3 Å². The van der Waals surface area contributed by atoms with Crippen molar-refractivity contribution < 1.29 is 14.1 Å². The molecule has 4 N–H and O–H groups in total. The van der Waals surface area contributed by atoms with Crippen LogP contribution in [-0.2, 0) is 0 Å². The Labute approximate surface area is 188 Å². The smallest absolute Gasteiger partial charge is 0.261 e. The highest BCUT2D eigenvalue weighted by Crippen LogP contribution is 2.31. The summed E-state index contributed by atoms with van der Waals surface area (Å²) >= 11 is 0. The Balaban J connectivity index is 1.47. The molecule has 0 aliphatic rings. The molecule has 164 valence electrons. The van der Waals surface area contributed by atoms with Gasteiger partial charge in [0.25, 0.3) is 5.91 Å². The fourth-order valence-corrected chi connectivity index (χ4v) is 3.66. The minimum Gasteiger partial charge on any atom is -0.479 e. The summed E-state index contributed by atoms with van der Waals surface area (Å²) in [5, 5.41) is 14.6. The molecular weight excluding hydrogens is 420 g/mol. The SMILES string of the molecule is COc1nc(-c2ccc3[nH]nc(N)c3c2)ccc1NC(=O)c1c(-c2ccccc2)noc1C. The van der Waals surface area contributed by atoms with Gasteiger partial charge in [0.1, 0.15) is 22.7 Å². The first-order chi connectivity index (χ1) is 16.0. The van der Waals surface area contributed by atoms with Crippen molar-refractivity contribution in [1.29, 1.82) is 0 Å². The summed E-state index contributed by atoms with van der Waals surface area (Å²) in [6, 6.07) is 18.6. The van der Waals surface area contributed by atoms with Crippen LogP contribution in [0.3, 0.4) is 0 Å². The van der Waals surface area contributed by atoms with Crippen LogP contribution in [0, 0.1) is 6.92 Å². The Morgan fingerprint density at radius 3 is 2.70 bits per heavy atom. The number of hydrogen-bond acceptors (Lipinski definition) is 7. The highest BCUT2D eigenvalue weighted by atomic mass is 16.5. The zero-order chi connectivity index (χ0) is 22.9. The molecule has 3 heterocycles.